The molecule has 4 aliphatic carbocycles. The minimum atomic E-state index is 0. The number of hydrogen-bond donors (Lipinski definition) is 1. The molecule has 15 heavy (non-hydrogen) atoms. The quantitative estimate of drug-likeness (QED) is 0.659. The van der Waals surface area contributed by atoms with Crippen LogP contribution in [0.1, 0.15) is 39.0 Å². The molecule has 0 aromatic carbocycles. The fraction of sp³-hybridized carbons (Fsp3) is 0.833. The van der Waals surface area contributed by atoms with Gasteiger partial charge in [-0.15, -0.1) is 0 Å². The summed E-state index contributed by atoms with van der Waals surface area (Å²) in [6, 6.07) is 0. The summed E-state index contributed by atoms with van der Waals surface area (Å²) in [7, 11) is 0. The molecule has 0 aromatic rings. The van der Waals surface area contributed by atoms with Crippen LogP contribution in [-0.4, -0.2) is 11.6 Å². The van der Waals surface area contributed by atoms with Crippen molar-refractivity contribution >= 4 is 6.47 Å². The molecule has 0 amide bonds. The monoisotopic (exact) mass is 378 g/mol. The van der Waals surface area contributed by atoms with Crippen LogP contribution in [0, 0.1) is 29.6 Å². The average molecular weight is 378 g/mol. The van der Waals surface area contributed by atoms with Gasteiger partial charge in [0.25, 0.3) is 0 Å². The van der Waals surface area contributed by atoms with Crippen LogP contribution in [-0.2, 0) is 25.9 Å². The van der Waals surface area contributed by atoms with E-state index in [1.807, 2.05) is 5.92 Å². The largest absolute Gasteiger partial charge is 2.00 e. The Morgan fingerprint density at radius 3 is 1.73 bits per heavy atom. The molecule has 0 spiro atoms. The first-order chi connectivity index (χ1) is 6.74. The van der Waals surface area contributed by atoms with Gasteiger partial charge in [0.15, 0.2) is 0 Å². The van der Waals surface area contributed by atoms with E-state index in [9.17, 15) is 0 Å². The molecule has 0 atom stereocenters. The molecule has 4 rings (SSSR count). The molecule has 4 saturated carbocycles. The van der Waals surface area contributed by atoms with Gasteiger partial charge in [-0.25, -0.2) is 0 Å². The maximum Gasteiger partial charge on any atom is 2.00 e. The van der Waals surface area contributed by atoms with Crippen molar-refractivity contribution < 1.29 is 31.0 Å². The molecule has 84 valence electrons. The fourth-order valence-electron chi connectivity index (χ4n) is 3.93. The molecule has 0 aliphatic heterocycles. The zero-order chi connectivity index (χ0) is 10.1. The Hall–Kier alpha value is 0.158. The number of hydrogen-bond acceptors (Lipinski definition) is 1. The second-order valence-electron chi connectivity index (χ2n) is 5.14. The zero-order valence-corrected chi connectivity index (χ0v) is 12.0. The molecule has 4 aliphatic rings. The summed E-state index contributed by atoms with van der Waals surface area (Å²) in [5.74, 6) is 6.28. The second kappa shape index (κ2) is 5.48. The van der Waals surface area contributed by atoms with E-state index in [4.69, 9.17) is 9.90 Å². The first kappa shape index (κ1) is 13.2. The number of aliphatic hydroxyl groups excluding tert-OH is 1. The standard InChI is InChI=1S/C11H17.CHO2.W/c1-7-10-3-8-2-9(5-10)6-11(7)4-8;2-1-3;/h8-11H,2-6H2,1H3;(H,2,3);/q2*-1;+2. The first-order valence-corrected chi connectivity index (χ1v) is 5.59. The van der Waals surface area contributed by atoms with Gasteiger partial charge in [-0.05, 0) is 18.3 Å². The second-order valence-corrected chi connectivity index (χ2v) is 5.14. The van der Waals surface area contributed by atoms with Gasteiger partial charge in [0, 0.05) is 0 Å². The first-order valence-electron chi connectivity index (χ1n) is 5.59. The van der Waals surface area contributed by atoms with E-state index in [2.05, 4.69) is 6.92 Å². The Kier molecular flexibility index (Phi) is 4.83. The summed E-state index contributed by atoms with van der Waals surface area (Å²) < 4.78 is 0. The normalized spacial score (nSPS) is 41.4. The topological polar surface area (TPSA) is 37.3 Å². The Morgan fingerprint density at radius 2 is 1.40 bits per heavy atom. The predicted molar refractivity (Wildman–Crippen MR) is 54.3 cm³/mol. The Balaban J connectivity index is 0.000000256. The summed E-state index contributed by atoms with van der Waals surface area (Å²) in [5.41, 5.74) is 0. The summed E-state index contributed by atoms with van der Waals surface area (Å²) >= 11 is 0. The maximum absolute atomic E-state index is 8.24. The van der Waals surface area contributed by atoms with Crippen molar-refractivity contribution in [2.45, 2.75) is 39.0 Å². The SMILES string of the molecule is C[C-]1C2CC3CC(C2)CC1C3.O=[C-]O.[W+2]. The maximum atomic E-state index is 8.24. The van der Waals surface area contributed by atoms with Gasteiger partial charge in [0.05, 0.1) is 0 Å². The van der Waals surface area contributed by atoms with Crippen LogP contribution in [0.5, 0.6) is 0 Å². The molecule has 4 fully saturated rings. The van der Waals surface area contributed by atoms with Crippen molar-refractivity contribution in [3.05, 3.63) is 5.92 Å². The van der Waals surface area contributed by atoms with E-state index >= 15 is 0 Å². The van der Waals surface area contributed by atoms with Crippen molar-refractivity contribution in [1.82, 2.24) is 0 Å². The fourth-order valence-corrected chi connectivity index (χ4v) is 3.93. The molecular formula is C12H18O2W. The van der Waals surface area contributed by atoms with E-state index in [0.717, 1.165) is 23.7 Å². The third-order valence-electron chi connectivity index (χ3n) is 4.43. The van der Waals surface area contributed by atoms with Gasteiger partial charge in [0.2, 0.25) is 0 Å². The summed E-state index contributed by atoms with van der Waals surface area (Å²) in [4.78, 5) is 8.24. The molecular weight excluding hydrogens is 360 g/mol. The van der Waals surface area contributed by atoms with Crippen LogP contribution >= 0.6 is 0 Å². The van der Waals surface area contributed by atoms with Gasteiger partial charge in [-0.2, -0.15) is 18.8 Å². The van der Waals surface area contributed by atoms with E-state index < -0.39 is 0 Å². The van der Waals surface area contributed by atoms with Crippen molar-refractivity contribution in [3.63, 3.8) is 0 Å². The Morgan fingerprint density at radius 1 is 1.07 bits per heavy atom. The van der Waals surface area contributed by atoms with Gasteiger partial charge < -0.3 is 15.8 Å². The van der Waals surface area contributed by atoms with Crippen molar-refractivity contribution in [3.8, 4) is 0 Å². The van der Waals surface area contributed by atoms with Crippen LogP contribution in [0.3, 0.4) is 0 Å². The van der Waals surface area contributed by atoms with Gasteiger partial charge >= 0.3 is 21.1 Å². The average Bonchev–Trinajstić information content (AvgIpc) is 2.14. The van der Waals surface area contributed by atoms with Crippen LogP contribution < -0.4 is 0 Å². The van der Waals surface area contributed by atoms with Crippen molar-refractivity contribution in [2.75, 3.05) is 0 Å². The molecule has 4 bridgehead atoms. The van der Waals surface area contributed by atoms with Gasteiger partial charge in [-0.1, -0.05) is 32.2 Å². The molecule has 0 aromatic heterocycles. The Labute approximate surface area is 106 Å². The molecule has 0 heterocycles. The molecule has 2 nitrogen and oxygen atoms in total. The summed E-state index contributed by atoms with van der Waals surface area (Å²) in [6.45, 7) is 2.92. The minimum absolute atomic E-state index is 0. The van der Waals surface area contributed by atoms with Crippen molar-refractivity contribution in [1.29, 1.82) is 0 Å². The predicted octanol–water partition coefficient (Wildman–Crippen LogP) is 2.65. The zero-order valence-electron chi connectivity index (χ0n) is 9.11. The van der Waals surface area contributed by atoms with Crippen LogP contribution in [0.15, 0.2) is 0 Å². The summed E-state index contributed by atoms with van der Waals surface area (Å²) in [5, 5.41) is 6.76. The number of rotatable bonds is 0. The molecule has 1 N–H and O–H groups in total. The van der Waals surface area contributed by atoms with Crippen LogP contribution in [0.25, 0.3) is 0 Å². The minimum Gasteiger partial charge on any atom is -0.665 e. The smallest absolute Gasteiger partial charge is 0.665 e. The molecule has 3 heteroatoms. The van der Waals surface area contributed by atoms with Crippen molar-refractivity contribution in [2.24, 2.45) is 23.7 Å². The third kappa shape index (κ3) is 2.64. The van der Waals surface area contributed by atoms with E-state index in [1.165, 1.54) is 0 Å². The summed E-state index contributed by atoms with van der Waals surface area (Å²) in [6.07, 6.45) is 7.80. The Bertz CT molecular complexity index is 190. The van der Waals surface area contributed by atoms with E-state index in [0.29, 0.717) is 6.47 Å². The van der Waals surface area contributed by atoms with Gasteiger partial charge in [-0.3, -0.25) is 0 Å². The molecule has 0 saturated heterocycles. The third-order valence-corrected chi connectivity index (χ3v) is 4.43. The van der Waals surface area contributed by atoms with E-state index in [-0.39, 0.29) is 21.1 Å². The van der Waals surface area contributed by atoms with Crippen LogP contribution in [0.2, 0.25) is 0 Å². The van der Waals surface area contributed by atoms with Crippen LogP contribution in [0.4, 0.5) is 0 Å². The molecule has 0 radical (unpaired) electrons. The van der Waals surface area contributed by atoms with E-state index in [1.54, 1.807) is 32.1 Å². The molecule has 0 unspecified atom stereocenters. The van der Waals surface area contributed by atoms with Gasteiger partial charge in [0.1, 0.15) is 0 Å².